The molecule has 2 aromatic rings. The van der Waals surface area contributed by atoms with E-state index in [1.165, 1.54) is 0 Å². The fourth-order valence-electron chi connectivity index (χ4n) is 2.40. The van der Waals surface area contributed by atoms with Crippen LogP contribution in [0.3, 0.4) is 0 Å². The van der Waals surface area contributed by atoms with E-state index >= 15 is 0 Å². The van der Waals surface area contributed by atoms with Crippen molar-refractivity contribution in [2.45, 2.75) is 23.7 Å². The molecule has 0 N–H and O–H groups in total. The van der Waals surface area contributed by atoms with Gasteiger partial charge in [0.25, 0.3) is 0 Å². The molecule has 1 unspecified atom stereocenters. The van der Waals surface area contributed by atoms with Crippen molar-refractivity contribution >= 4 is 32.5 Å². The highest BCUT2D eigenvalue weighted by molar-refractivity contribution is 9.10. The topological polar surface area (TPSA) is 78.6 Å². The third-order valence-corrected chi connectivity index (χ3v) is 5.62. The van der Waals surface area contributed by atoms with E-state index in [-0.39, 0.29) is 18.1 Å². The van der Waals surface area contributed by atoms with Crippen LogP contribution in [0, 0.1) is 0 Å². The summed E-state index contributed by atoms with van der Waals surface area (Å²) in [4.78, 5) is 13.3. The molecule has 0 radical (unpaired) electrons. The minimum Gasteiger partial charge on any atom is -0.489 e. The Morgan fingerprint density at radius 2 is 2.16 bits per heavy atom. The highest BCUT2D eigenvalue weighted by atomic mass is 79.9. The lowest BCUT2D eigenvalue weighted by Crippen LogP contribution is -2.10. The van der Waals surface area contributed by atoms with Crippen molar-refractivity contribution in [3.05, 3.63) is 39.7 Å². The standard InChI is InChI=1S/C17H18BrNO5S/c1-22-7-8-23-17-14(25(2)21)6-5-11(15(17)18)16(20)12-9-13(24-19-12)10-3-4-10/h5-6,9-10H,3-4,7-8H2,1-2H3. The van der Waals surface area contributed by atoms with Crippen molar-refractivity contribution < 1.29 is 23.0 Å². The maximum atomic E-state index is 12.8. The Morgan fingerprint density at radius 3 is 2.80 bits per heavy atom. The quantitative estimate of drug-likeness (QED) is 0.474. The summed E-state index contributed by atoms with van der Waals surface area (Å²) in [6.45, 7) is 0.668. The number of rotatable bonds is 8. The molecule has 0 bridgehead atoms. The summed E-state index contributed by atoms with van der Waals surface area (Å²) in [5.41, 5.74) is 0.646. The summed E-state index contributed by atoms with van der Waals surface area (Å²) in [6, 6.07) is 4.96. The Balaban J connectivity index is 1.92. The molecule has 0 spiro atoms. The van der Waals surface area contributed by atoms with Crippen molar-refractivity contribution in [1.29, 1.82) is 0 Å². The Morgan fingerprint density at radius 1 is 1.40 bits per heavy atom. The van der Waals surface area contributed by atoms with Crippen molar-refractivity contribution in [2.75, 3.05) is 26.6 Å². The molecule has 1 heterocycles. The third kappa shape index (κ3) is 4.02. The van der Waals surface area contributed by atoms with E-state index in [1.807, 2.05) is 0 Å². The molecule has 1 saturated carbocycles. The number of ketones is 1. The van der Waals surface area contributed by atoms with E-state index in [4.69, 9.17) is 14.0 Å². The summed E-state index contributed by atoms with van der Waals surface area (Å²) >= 11 is 3.42. The van der Waals surface area contributed by atoms with Crippen LogP contribution in [0.15, 0.2) is 32.1 Å². The molecule has 0 aliphatic heterocycles. The molecule has 1 fully saturated rings. The third-order valence-electron chi connectivity index (χ3n) is 3.89. The van der Waals surface area contributed by atoms with Gasteiger partial charge in [0.1, 0.15) is 18.1 Å². The normalized spacial score (nSPS) is 15.2. The van der Waals surface area contributed by atoms with E-state index in [1.54, 1.807) is 31.6 Å². The van der Waals surface area contributed by atoms with Crippen LogP contribution in [0.2, 0.25) is 0 Å². The van der Waals surface area contributed by atoms with Crippen LogP contribution in [0.5, 0.6) is 5.75 Å². The molecular formula is C17H18BrNO5S. The van der Waals surface area contributed by atoms with Gasteiger partial charge in [-0.2, -0.15) is 0 Å². The number of halogens is 1. The van der Waals surface area contributed by atoms with Gasteiger partial charge in [-0.1, -0.05) is 5.16 Å². The first-order valence-corrected chi connectivity index (χ1v) is 10.2. The minimum absolute atomic E-state index is 0.260. The molecule has 1 aromatic carbocycles. The van der Waals surface area contributed by atoms with Gasteiger partial charge in [-0.3, -0.25) is 9.00 Å². The fourth-order valence-corrected chi connectivity index (χ4v) is 3.85. The van der Waals surface area contributed by atoms with Gasteiger partial charge in [-0.15, -0.1) is 0 Å². The number of hydrogen-bond donors (Lipinski definition) is 0. The van der Waals surface area contributed by atoms with Gasteiger partial charge in [0.15, 0.2) is 5.69 Å². The minimum atomic E-state index is -1.26. The van der Waals surface area contributed by atoms with Crippen LogP contribution in [0.1, 0.15) is 40.6 Å². The van der Waals surface area contributed by atoms with E-state index in [2.05, 4.69) is 21.1 Å². The molecule has 1 atom stereocenters. The van der Waals surface area contributed by atoms with Gasteiger partial charge in [0.05, 0.1) is 26.8 Å². The first-order valence-electron chi connectivity index (χ1n) is 7.82. The molecular weight excluding hydrogens is 410 g/mol. The van der Waals surface area contributed by atoms with Crippen molar-refractivity contribution in [3.63, 3.8) is 0 Å². The molecule has 1 aliphatic rings. The first kappa shape index (κ1) is 18.3. The molecule has 1 aromatic heterocycles. The summed E-state index contributed by atoms with van der Waals surface area (Å²) < 4.78 is 28.3. The molecule has 0 saturated heterocycles. The number of hydrogen-bond acceptors (Lipinski definition) is 6. The maximum Gasteiger partial charge on any atom is 0.216 e. The Hall–Kier alpha value is -1.51. The number of nitrogens with zero attached hydrogens (tertiary/aromatic N) is 1. The van der Waals surface area contributed by atoms with Crippen LogP contribution >= 0.6 is 15.9 Å². The van der Waals surface area contributed by atoms with Gasteiger partial charge in [-0.05, 0) is 40.9 Å². The summed E-state index contributed by atoms with van der Waals surface area (Å²) in [6.07, 6.45) is 3.70. The lowest BCUT2D eigenvalue weighted by molar-refractivity contribution is 0.102. The summed E-state index contributed by atoms with van der Waals surface area (Å²) in [5, 5.41) is 3.89. The average molecular weight is 428 g/mol. The van der Waals surface area contributed by atoms with E-state index in [0.717, 1.165) is 18.6 Å². The average Bonchev–Trinajstić information content (AvgIpc) is 3.32. The monoisotopic (exact) mass is 427 g/mol. The molecule has 25 heavy (non-hydrogen) atoms. The largest absolute Gasteiger partial charge is 0.489 e. The number of carbonyl (C=O) groups excluding carboxylic acids is 1. The van der Waals surface area contributed by atoms with Crippen molar-refractivity contribution in [2.24, 2.45) is 0 Å². The number of methoxy groups -OCH3 is 1. The zero-order chi connectivity index (χ0) is 18.0. The molecule has 0 amide bonds. The first-order chi connectivity index (χ1) is 12.0. The van der Waals surface area contributed by atoms with Gasteiger partial charge >= 0.3 is 0 Å². The molecule has 6 nitrogen and oxygen atoms in total. The zero-order valence-electron chi connectivity index (χ0n) is 13.9. The second-order valence-electron chi connectivity index (χ2n) is 5.77. The van der Waals surface area contributed by atoms with Crippen LogP contribution in [0.4, 0.5) is 0 Å². The predicted octanol–water partition coefficient (Wildman–Crippen LogP) is 3.31. The number of aromatic nitrogens is 1. The molecule has 1 aliphatic carbocycles. The van der Waals surface area contributed by atoms with Crippen LogP contribution in [-0.4, -0.2) is 41.7 Å². The molecule has 134 valence electrons. The smallest absolute Gasteiger partial charge is 0.216 e. The Bertz CT molecular complexity index is 815. The second-order valence-corrected chi connectivity index (χ2v) is 7.91. The summed E-state index contributed by atoms with van der Waals surface area (Å²) in [7, 11) is 0.311. The molecule has 8 heteroatoms. The van der Waals surface area contributed by atoms with Gasteiger partial charge in [0.2, 0.25) is 5.78 Å². The fraction of sp³-hybridized carbons (Fsp3) is 0.412. The number of carbonyl (C=O) groups is 1. The Labute approximate surface area is 156 Å². The Kier molecular flexibility index (Phi) is 5.71. The van der Waals surface area contributed by atoms with E-state index in [9.17, 15) is 9.00 Å². The van der Waals surface area contributed by atoms with E-state index < -0.39 is 10.8 Å². The zero-order valence-corrected chi connectivity index (χ0v) is 16.3. The van der Waals surface area contributed by atoms with E-state index in [0.29, 0.717) is 33.2 Å². The van der Waals surface area contributed by atoms with Crippen molar-refractivity contribution in [1.82, 2.24) is 5.16 Å². The highest BCUT2D eigenvalue weighted by Gasteiger charge is 2.30. The summed E-state index contributed by atoms with van der Waals surface area (Å²) in [5.74, 6) is 1.25. The second kappa shape index (κ2) is 7.80. The number of benzene rings is 1. The number of ether oxygens (including phenoxy) is 2. The predicted molar refractivity (Wildman–Crippen MR) is 95.8 cm³/mol. The van der Waals surface area contributed by atoms with Crippen LogP contribution in [0.25, 0.3) is 0 Å². The van der Waals surface area contributed by atoms with Gasteiger partial charge < -0.3 is 14.0 Å². The lowest BCUT2D eigenvalue weighted by Gasteiger charge is -2.14. The lowest BCUT2D eigenvalue weighted by atomic mass is 10.1. The SMILES string of the molecule is COCCOc1c(S(C)=O)ccc(C(=O)c2cc(C3CC3)on2)c1Br. The van der Waals surface area contributed by atoms with Gasteiger partial charge in [-0.25, -0.2) is 0 Å². The molecule has 3 rings (SSSR count). The van der Waals surface area contributed by atoms with Crippen molar-refractivity contribution in [3.8, 4) is 5.75 Å². The van der Waals surface area contributed by atoms with Gasteiger partial charge in [0, 0.05) is 30.9 Å². The van der Waals surface area contributed by atoms with Crippen LogP contribution in [-0.2, 0) is 15.5 Å². The van der Waals surface area contributed by atoms with Crippen LogP contribution < -0.4 is 4.74 Å². The maximum absolute atomic E-state index is 12.8. The highest BCUT2D eigenvalue weighted by Crippen LogP contribution is 2.41.